The predicted octanol–water partition coefficient (Wildman–Crippen LogP) is 3.75. The minimum absolute atomic E-state index is 0.189. The summed E-state index contributed by atoms with van der Waals surface area (Å²) in [6.07, 6.45) is 0.752. The molecule has 0 saturated heterocycles. The molecule has 0 atom stereocenters. The Bertz CT molecular complexity index is 734. The number of hydrogen-bond donors (Lipinski definition) is 2. The van der Waals surface area contributed by atoms with Crippen LogP contribution in [0.3, 0.4) is 0 Å². The van der Waals surface area contributed by atoms with Crippen LogP contribution in [0, 0.1) is 0 Å². The van der Waals surface area contributed by atoms with Crippen molar-refractivity contribution in [3.05, 3.63) is 64.7 Å². The van der Waals surface area contributed by atoms with E-state index < -0.39 is 0 Å². The van der Waals surface area contributed by atoms with Gasteiger partial charge in [-0.25, -0.2) is 0 Å². The molecule has 0 aromatic heterocycles. The number of anilines is 1. The van der Waals surface area contributed by atoms with Crippen molar-refractivity contribution in [1.82, 2.24) is 5.32 Å². The van der Waals surface area contributed by atoms with E-state index in [2.05, 4.69) is 10.6 Å². The highest BCUT2D eigenvalue weighted by molar-refractivity contribution is 6.34. The maximum atomic E-state index is 12.3. The molecule has 6 heteroatoms. The highest BCUT2D eigenvalue weighted by atomic mass is 35.5. The molecule has 0 spiro atoms. The summed E-state index contributed by atoms with van der Waals surface area (Å²) in [5.41, 5.74) is 1.40. The highest BCUT2D eigenvalue weighted by Crippen LogP contribution is 2.18. The lowest BCUT2D eigenvalue weighted by atomic mass is 10.1. The average molecular weight is 361 g/mol. The van der Waals surface area contributed by atoms with Crippen molar-refractivity contribution < 1.29 is 14.3 Å². The van der Waals surface area contributed by atoms with Gasteiger partial charge in [-0.2, -0.15) is 0 Å². The molecule has 2 aromatic rings. The van der Waals surface area contributed by atoms with Crippen LogP contribution in [0.2, 0.25) is 5.02 Å². The number of rotatable bonds is 8. The molecule has 132 valence electrons. The lowest BCUT2D eigenvalue weighted by Gasteiger charge is -2.09. The Morgan fingerprint density at radius 3 is 2.64 bits per heavy atom. The van der Waals surface area contributed by atoms with Gasteiger partial charge in [0.25, 0.3) is 11.8 Å². The van der Waals surface area contributed by atoms with E-state index in [1.165, 1.54) is 0 Å². The lowest BCUT2D eigenvalue weighted by Crippen LogP contribution is -2.25. The first-order chi connectivity index (χ1) is 12.1. The largest absolute Gasteiger partial charge is 0.382 e. The normalized spacial score (nSPS) is 10.3. The van der Waals surface area contributed by atoms with E-state index >= 15 is 0 Å². The summed E-state index contributed by atoms with van der Waals surface area (Å²) in [6.45, 7) is 3.75. The lowest BCUT2D eigenvalue weighted by molar-refractivity contribution is 0.0943. The topological polar surface area (TPSA) is 67.4 Å². The molecule has 0 aliphatic rings. The third kappa shape index (κ3) is 5.89. The third-order valence-electron chi connectivity index (χ3n) is 3.46. The fraction of sp³-hybridized carbons (Fsp3) is 0.263. The monoisotopic (exact) mass is 360 g/mol. The fourth-order valence-corrected chi connectivity index (χ4v) is 2.43. The van der Waals surface area contributed by atoms with Crippen LogP contribution in [0.15, 0.2) is 48.5 Å². The predicted molar refractivity (Wildman–Crippen MR) is 99.3 cm³/mol. The molecule has 2 rings (SSSR count). The van der Waals surface area contributed by atoms with Crippen LogP contribution in [0.4, 0.5) is 5.69 Å². The number of hydrogen-bond acceptors (Lipinski definition) is 3. The van der Waals surface area contributed by atoms with Crippen LogP contribution in [0.5, 0.6) is 0 Å². The number of carbonyl (C=O) groups is 2. The molecule has 0 aliphatic heterocycles. The summed E-state index contributed by atoms with van der Waals surface area (Å²) in [7, 11) is 0. The number of amides is 2. The summed E-state index contributed by atoms with van der Waals surface area (Å²) in [6, 6.07) is 13.6. The maximum Gasteiger partial charge on any atom is 0.257 e. The van der Waals surface area contributed by atoms with Gasteiger partial charge < -0.3 is 15.4 Å². The first kappa shape index (κ1) is 19.0. The smallest absolute Gasteiger partial charge is 0.257 e. The van der Waals surface area contributed by atoms with E-state index in [0.717, 1.165) is 6.42 Å². The molecule has 0 saturated carbocycles. The van der Waals surface area contributed by atoms with E-state index in [1.807, 2.05) is 6.92 Å². The van der Waals surface area contributed by atoms with Crippen LogP contribution < -0.4 is 10.6 Å². The van der Waals surface area contributed by atoms with Crippen LogP contribution in [-0.4, -0.2) is 31.6 Å². The zero-order chi connectivity index (χ0) is 18.1. The van der Waals surface area contributed by atoms with Crippen molar-refractivity contribution in [3.63, 3.8) is 0 Å². The van der Waals surface area contributed by atoms with Crippen LogP contribution in [0.1, 0.15) is 34.1 Å². The Kier molecular flexibility index (Phi) is 7.44. The number of benzene rings is 2. The second-order valence-corrected chi connectivity index (χ2v) is 5.73. The van der Waals surface area contributed by atoms with Gasteiger partial charge in [-0.3, -0.25) is 9.59 Å². The van der Waals surface area contributed by atoms with Crippen molar-refractivity contribution in [2.45, 2.75) is 13.3 Å². The minimum Gasteiger partial charge on any atom is -0.382 e. The molecule has 2 aromatic carbocycles. The molecule has 2 amide bonds. The molecule has 5 nitrogen and oxygen atoms in total. The van der Waals surface area contributed by atoms with Crippen molar-refractivity contribution in [3.8, 4) is 0 Å². The molecule has 0 unspecified atom stereocenters. The summed E-state index contributed by atoms with van der Waals surface area (Å²) in [5, 5.41) is 5.96. The van der Waals surface area contributed by atoms with Gasteiger partial charge in [-0.05, 0) is 43.7 Å². The molecule has 0 bridgehead atoms. The number of halogens is 1. The molecule has 2 N–H and O–H groups in total. The maximum absolute atomic E-state index is 12.3. The van der Waals surface area contributed by atoms with E-state index in [9.17, 15) is 9.59 Å². The van der Waals surface area contributed by atoms with Gasteiger partial charge in [0, 0.05) is 31.0 Å². The quantitative estimate of drug-likeness (QED) is 0.704. The van der Waals surface area contributed by atoms with E-state index in [-0.39, 0.29) is 11.8 Å². The van der Waals surface area contributed by atoms with Crippen molar-refractivity contribution >= 4 is 29.1 Å². The average Bonchev–Trinajstić information content (AvgIpc) is 2.62. The van der Waals surface area contributed by atoms with E-state index in [4.69, 9.17) is 16.3 Å². The Morgan fingerprint density at radius 2 is 1.88 bits per heavy atom. The van der Waals surface area contributed by atoms with Gasteiger partial charge in [0.2, 0.25) is 0 Å². The Balaban J connectivity index is 1.95. The van der Waals surface area contributed by atoms with Crippen molar-refractivity contribution in [2.24, 2.45) is 0 Å². The Morgan fingerprint density at radius 1 is 1.08 bits per heavy atom. The molecule has 0 fully saturated rings. The molecular weight excluding hydrogens is 340 g/mol. The number of nitrogens with one attached hydrogen (secondary N) is 2. The first-order valence-corrected chi connectivity index (χ1v) is 8.51. The van der Waals surface area contributed by atoms with Crippen LogP contribution in [0.25, 0.3) is 0 Å². The summed E-state index contributed by atoms with van der Waals surface area (Å²) >= 11 is 6.03. The van der Waals surface area contributed by atoms with Crippen molar-refractivity contribution in [2.75, 3.05) is 25.1 Å². The van der Waals surface area contributed by atoms with Gasteiger partial charge in [0.15, 0.2) is 0 Å². The summed E-state index contributed by atoms with van der Waals surface area (Å²) in [4.78, 5) is 24.4. The zero-order valence-corrected chi connectivity index (χ0v) is 14.8. The molecule has 0 aliphatic carbocycles. The third-order valence-corrected chi connectivity index (χ3v) is 3.79. The SMILES string of the molecule is CCOCCCNC(=O)c1cccc(NC(=O)c2ccccc2Cl)c1. The Hall–Kier alpha value is -2.37. The number of ether oxygens (including phenoxy) is 1. The highest BCUT2D eigenvalue weighted by Gasteiger charge is 2.11. The standard InChI is InChI=1S/C19H21ClN2O3/c1-2-25-12-6-11-21-18(23)14-7-5-8-15(13-14)22-19(24)16-9-3-4-10-17(16)20/h3-5,7-10,13H,2,6,11-12H2,1H3,(H,21,23)(H,22,24). The molecule has 25 heavy (non-hydrogen) atoms. The molecule has 0 radical (unpaired) electrons. The van der Waals surface area contributed by atoms with Crippen LogP contribution in [-0.2, 0) is 4.74 Å². The van der Waals surface area contributed by atoms with E-state index in [1.54, 1.807) is 48.5 Å². The zero-order valence-electron chi connectivity index (χ0n) is 14.0. The van der Waals surface area contributed by atoms with Gasteiger partial charge in [0.1, 0.15) is 0 Å². The van der Waals surface area contributed by atoms with Gasteiger partial charge in [0.05, 0.1) is 10.6 Å². The molecule has 0 heterocycles. The van der Waals surface area contributed by atoms with Gasteiger partial charge in [-0.15, -0.1) is 0 Å². The second kappa shape index (κ2) is 9.81. The van der Waals surface area contributed by atoms with Crippen LogP contribution >= 0.6 is 11.6 Å². The minimum atomic E-state index is -0.320. The summed E-state index contributed by atoms with van der Waals surface area (Å²) in [5.74, 6) is -0.509. The van der Waals surface area contributed by atoms with E-state index in [0.29, 0.717) is 41.6 Å². The molecular formula is C19H21ClN2O3. The first-order valence-electron chi connectivity index (χ1n) is 8.13. The second-order valence-electron chi connectivity index (χ2n) is 5.32. The fourth-order valence-electron chi connectivity index (χ4n) is 2.20. The Labute approximate surface area is 152 Å². The van der Waals surface area contributed by atoms with Crippen molar-refractivity contribution in [1.29, 1.82) is 0 Å². The van der Waals surface area contributed by atoms with Gasteiger partial charge in [-0.1, -0.05) is 29.8 Å². The number of carbonyl (C=O) groups excluding carboxylic acids is 2. The summed E-state index contributed by atoms with van der Waals surface area (Å²) < 4.78 is 5.23. The van der Waals surface area contributed by atoms with Gasteiger partial charge >= 0.3 is 0 Å².